The Morgan fingerprint density at radius 1 is 1.45 bits per heavy atom. The van der Waals surface area contributed by atoms with Gasteiger partial charge in [-0.05, 0) is 37.3 Å². The van der Waals surface area contributed by atoms with E-state index in [-0.39, 0.29) is 6.10 Å². The van der Waals surface area contributed by atoms with Gasteiger partial charge in [-0.15, -0.1) is 0 Å². The van der Waals surface area contributed by atoms with Crippen LogP contribution >= 0.6 is 11.6 Å². The average Bonchev–Trinajstić information content (AvgIpc) is 2.36. The number of carboxylic acid groups (broad SMARTS) is 1. The van der Waals surface area contributed by atoms with Crippen LogP contribution in [-0.4, -0.2) is 24.3 Å². The summed E-state index contributed by atoms with van der Waals surface area (Å²) in [6.07, 6.45) is 3.89. The minimum Gasteiger partial charge on any atom is -0.493 e. The van der Waals surface area contributed by atoms with Crippen molar-refractivity contribution >= 4 is 17.6 Å². The van der Waals surface area contributed by atoms with Gasteiger partial charge in [0.15, 0.2) is 11.5 Å². The fourth-order valence-electron chi connectivity index (χ4n) is 2.07. The normalized spacial score (nSPS) is 16.4. The molecule has 110 valence electrons. The van der Waals surface area contributed by atoms with Gasteiger partial charge >= 0.3 is 5.97 Å². The van der Waals surface area contributed by atoms with Gasteiger partial charge in [0.1, 0.15) is 0 Å². The quantitative estimate of drug-likeness (QED) is 0.872. The SMILES string of the molecule is COc1cc(Cl)c(CC(C)C(=O)O)cc1OC1CCC1. The van der Waals surface area contributed by atoms with E-state index in [2.05, 4.69) is 0 Å². The van der Waals surface area contributed by atoms with Crippen molar-refractivity contribution in [3.63, 3.8) is 0 Å². The second-order valence-electron chi connectivity index (χ2n) is 5.21. The molecular weight excluding hydrogens is 280 g/mol. The number of carbonyl (C=O) groups is 1. The van der Waals surface area contributed by atoms with Gasteiger partial charge in [0.25, 0.3) is 0 Å². The number of methoxy groups -OCH3 is 1. The molecule has 1 N–H and O–H groups in total. The summed E-state index contributed by atoms with van der Waals surface area (Å²) in [6.45, 7) is 1.66. The third-order valence-corrected chi connectivity index (χ3v) is 3.98. The molecule has 1 fully saturated rings. The number of halogens is 1. The molecule has 0 aliphatic heterocycles. The zero-order valence-electron chi connectivity index (χ0n) is 11.7. The summed E-state index contributed by atoms with van der Waals surface area (Å²) < 4.78 is 11.2. The van der Waals surface area contributed by atoms with Crippen molar-refractivity contribution in [2.24, 2.45) is 5.92 Å². The average molecular weight is 299 g/mol. The molecule has 1 saturated carbocycles. The molecule has 1 aliphatic carbocycles. The summed E-state index contributed by atoms with van der Waals surface area (Å²) in [5, 5.41) is 9.51. The lowest BCUT2D eigenvalue weighted by molar-refractivity contribution is -0.141. The van der Waals surface area contributed by atoms with Crippen LogP contribution in [0.4, 0.5) is 0 Å². The van der Waals surface area contributed by atoms with Crippen molar-refractivity contribution in [1.29, 1.82) is 0 Å². The highest BCUT2D eigenvalue weighted by atomic mass is 35.5. The van der Waals surface area contributed by atoms with Crippen molar-refractivity contribution in [2.75, 3.05) is 7.11 Å². The molecule has 1 aromatic carbocycles. The molecule has 0 bridgehead atoms. The van der Waals surface area contributed by atoms with E-state index < -0.39 is 11.9 Å². The van der Waals surface area contributed by atoms with Crippen molar-refractivity contribution in [2.45, 2.75) is 38.7 Å². The van der Waals surface area contributed by atoms with Gasteiger partial charge in [-0.3, -0.25) is 4.79 Å². The predicted octanol–water partition coefficient (Wildman–Crippen LogP) is 3.54. The number of carboxylic acids is 1. The van der Waals surface area contributed by atoms with Crippen molar-refractivity contribution in [3.05, 3.63) is 22.7 Å². The first-order valence-corrected chi connectivity index (χ1v) is 7.15. The highest BCUT2D eigenvalue weighted by Crippen LogP contribution is 2.37. The molecule has 0 saturated heterocycles. The molecular formula is C15H19ClO4. The molecule has 0 radical (unpaired) electrons. The summed E-state index contributed by atoms with van der Waals surface area (Å²) in [7, 11) is 1.57. The van der Waals surface area contributed by atoms with Crippen LogP contribution in [0.3, 0.4) is 0 Å². The topological polar surface area (TPSA) is 55.8 Å². The van der Waals surface area contributed by atoms with Crippen LogP contribution < -0.4 is 9.47 Å². The first-order valence-electron chi connectivity index (χ1n) is 6.77. The summed E-state index contributed by atoms with van der Waals surface area (Å²) in [5.41, 5.74) is 0.775. The molecule has 2 rings (SSSR count). The van der Waals surface area contributed by atoms with Gasteiger partial charge in [0.2, 0.25) is 0 Å². The molecule has 1 aliphatic rings. The Morgan fingerprint density at radius 2 is 2.15 bits per heavy atom. The zero-order valence-corrected chi connectivity index (χ0v) is 12.4. The second kappa shape index (κ2) is 6.35. The van der Waals surface area contributed by atoms with Gasteiger partial charge in [-0.25, -0.2) is 0 Å². The maximum atomic E-state index is 11.0. The van der Waals surface area contributed by atoms with E-state index in [0.29, 0.717) is 22.9 Å². The van der Waals surface area contributed by atoms with Gasteiger partial charge in [-0.1, -0.05) is 18.5 Å². The summed E-state index contributed by atoms with van der Waals surface area (Å²) in [5.74, 6) is -0.0846. The first kappa shape index (κ1) is 15.0. The van der Waals surface area contributed by atoms with E-state index in [0.717, 1.165) is 18.4 Å². The van der Waals surface area contributed by atoms with Crippen LogP contribution in [0.1, 0.15) is 31.7 Å². The van der Waals surface area contributed by atoms with Crippen LogP contribution in [0.25, 0.3) is 0 Å². The maximum Gasteiger partial charge on any atom is 0.306 e. The zero-order chi connectivity index (χ0) is 14.7. The fraction of sp³-hybridized carbons (Fsp3) is 0.533. The Kier molecular flexibility index (Phi) is 4.76. The Morgan fingerprint density at radius 3 is 2.65 bits per heavy atom. The molecule has 20 heavy (non-hydrogen) atoms. The van der Waals surface area contributed by atoms with Gasteiger partial charge < -0.3 is 14.6 Å². The Balaban J connectivity index is 2.22. The molecule has 0 amide bonds. The molecule has 1 unspecified atom stereocenters. The molecule has 1 atom stereocenters. The monoisotopic (exact) mass is 298 g/mol. The van der Waals surface area contributed by atoms with Gasteiger partial charge in [0, 0.05) is 11.1 Å². The highest BCUT2D eigenvalue weighted by Gasteiger charge is 2.22. The van der Waals surface area contributed by atoms with Crippen LogP contribution in [-0.2, 0) is 11.2 Å². The standard InChI is InChI=1S/C15H19ClO4/c1-9(15(17)18)6-10-7-14(20-11-4-3-5-11)13(19-2)8-12(10)16/h7-9,11H,3-6H2,1-2H3,(H,17,18). The summed E-state index contributed by atoms with van der Waals surface area (Å²) in [4.78, 5) is 11.0. The maximum absolute atomic E-state index is 11.0. The van der Waals surface area contributed by atoms with E-state index in [1.165, 1.54) is 6.42 Å². The molecule has 1 aromatic rings. The van der Waals surface area contributed by atoms with Crippen molar-refractivity contribution in [1.82, 2.24) is 0 Å². The molecule has 0 heterocycles. The lowest BCUT2D eigenvalue weighted by Gasteiger charge is -2.27. The second-order valence-corrected chi connectivity index (χ2v) is 5.62. The first-order chi connectivity index (χ1) is 9.51. The summed E-state index contributed by atoms with van der Waals surface area (Å²) >= 11 is 6.18. The molecule has 4 nitrogen and oxygen atoms in total. The van der Waals surface area contributed by atoms with Crippen LogP contribution in [0.2, 0.25) is 5.02 Å². The van der Waals surface area contributed by atoms with Crippen LogP contribution in [0, 0.1) is 5.92 Å². The minimum atomic E-state index is -0.835. The molecule has 5 heteroatoms. The third kappa shape index (κ3) is 3.37. The Hall–Kier alpha value is -1.42. The van der Waals surface area contributed by atoms with E-state index in [4.69, 9.17) is 26.2 Å². The smallest absolute Gasteiger partial charge is 0.306 e. The molecule has 0 spiro atoms. The van der Waals surface area contributed by atoms with Crippen LogP contribution in [0.5, 0.6) is 11.5 Å². The Labute approximate surface area is 123 Å². The highest BCUT2D eigenvalue weighted by molar-refractivity contribution is 6.31. The Bertz CT molecular complexity index is 497. The number of hydrogen-bond donors (Lipinski definition) is 1. The lowest BCUT2D eigenvalue weighted by atomic mass is 9.96. The molecule has 0 aromatic heterocycles. The number of benzene rings is 1. The largest absolute Gasteiger partial charge is 0.493 e. The van der Waals surface area contributed by atoms with E-state index in [1.807, 2.05) is 0 Å². The number of hydrogen-bond acceptors (Lipinski definition) is 3. The van der Waals surface area contributed by atoms with Gasteiger partial charge in [0.05, 0.1) is 19.1 Å². The lowest BCUT2D eigenvalue weighted by Crippen LogP contribution is -2.24. The summed E-state index contributed by atoms with van der Waals surface area (Å²) in [6, 6.07) is 3.50. The van der Waals surface area contributed by atoms with Crippen molar-refractivity contribution in [3.8, 4) is 11.5 Å². The number of ether oxygens (including phenoxy) is 2. The predicted molar refractivity (Wildman–Crippen MR) is 76.8 cm³/mol. The van der Waals surface area contributed by atoms with E-state index in [1.54, 1.807) is 26.2 Å². The van der Waals surface area contributed by atoms with Crippen LogP contribution in [0.15, 0.2) is 12.1 Å². The van der Waals surface area contributed by atoms with E-state index >= 15 is 0 Å². The van der Waals surface area contributed by atoms with Gasteiger partial charge in [-0.2, -0.15) is 0 Å². The van der Waals surface area contributed by atoms with E-state index in [9.17, 15) is 4.79 Å². The van der Waals surface area contributed by atoms with Crippen molar-refractivity contribution < 1.29 is 19.4 Å². The number of aliphatic carboxylic acids is 1. The number of rotatable bonds is 6. The minimum absolute atomic E-state index is 0.231. The third-order valence-electron chi connectivity index (χ3n) is 3.63. The fourth-order valence-corrected chi connectivity index (χ4v) is 2.30.